The second-order valence-electron chi connectivity index (χ2n) is 11.3. The Morgan fingerprint density at radius 2 is 1.76 bits per heavy atom. The Morgan fingerprint density at radius 3 is 2.37 bits per heavy atom. The van der Waals surface area contributed by atoms with Crippen LogP contribution in [0.3, 0.4) is 0 Å². The van der Waals surface area contributed by atoms with E-state index >= 15 is 0 Å². The number of pyridine rings is 1. The first-order valence-corrected chi connectivity index (χ1v) is 13.7. The molecule has 1 spiro atoms. The molecule has 0 radical (unpaired) electrons. The van der Waals surface area contributed by atoms with E-state index in [1.807, 2.05) is 30.3 Å². The van der Waals surface area contributed by atoms with Crippen molar-refractivity contribution in [3.63, 3.8) is 0 Å². The maximum atomic E-state index is 14.1. The number of nitrogens with zero attached hydrogens (tertiary/aromatic N) is 2. The smallest absolute Gasteiger partial charge is 0.412 e. The summed E-state index contributed by atoms with van der Waals surface area (Å²) in [4.78, 5) is 29.4. The van der Waals surface area contributed by atoms with E-state index in [1.54, 1.807) is 44.3 Å². The van der Waals surface area contributed by atoms with Gasteiger partial charge in [-0.1, -0.05) is 54.0 Å². The number of aryl methyl sites for hydroxylation is 1. The predicted octanol–water partition coefficient (Wildman–Crippen LogP) is 7.45. The van der Waals surface area contributed by atoms with Gasteiger partial charge in [-0.15, -0.1) is 0 Å². The van der Waals surface area contributed by atoms with Gasteiger partial charge in [-0.3, -0.25) is 15.1 Å². The highest BCUT2D eigenvalue weighted by atomic mass is 19.1. The van der Waals surface area contributed by atoms with E-state index < -0.39 is 29.4 Å². The fraction of sp³-hybridized carbons (Fsp3) is 0.312. The quantitative estimate of drug-likeness (QED) is 0.243. The van der Waals surface area contributed by atoms with Crippen molar-refractivity contribution in [3.05, 3.63) is 89.5 Å². The molecule has 2 saturated carbocycles. The maximum absolute atomic E-state index is 14.1. The Kier molecular flexibility index (Phi) is 6.60. The molecule has 1 amide bonds. The number of aliphatic carboxylic acids is 1. The minimum Gasteiger partial charge on any atom is -0.481 e. The number of rotatable bonds is 7. The van der Waals surface area contributed by atoms with E-state index in [-0.39, 0.29) is 11.0 Å². The van der Waals surface area contributed by atoms with Gasteiger partial charge in [0.25, 0.3) is 0 Å². The topological polar surface area (TPSA) is 115 Å². The van der Waals surface area contributed by atoms with Crippen LogP contribution in [0.25, 0.3) is 22.6 Å². The zero-order valence-corrected chi connectivity index (χ0v) is 22.8. The number of anilines is 1. The normalized spacial score (nSPS) is 17.2. The van der Waals surface area contributed by atoms with E-state index in [4.69, 9.17) is 9.26 Å². The molecule has 2 N–H and O–H groups in total. The van der Waals surface area contributed by atoms with Crippen molar-refractivity contribution in [3.8, 4) is 22.6 Å². The summed E-state index contributed by atoms with van der Waals surface area (Å²) in [5.74, 6) is -0.893. The lowest BCUT2D eigenvalue weighted by Gasteiger charge is -2.59. The molecule has 6 rings (SSSR count). The third kappa shape index (κ3) is 4.75. The molecule has 0 aliphatic heterocycles. The van der Waals surface area contributed by atoms with Crippen LogP contribution in [-0.4, -0.2) is 27.3 Å². The molecule has 0 saturated heterocycles. The van der Waals surface area contributed by atoms with E-state index in [0.717, 1.165) is 24.0 Å². The van der Waals surface area contributed by atoms with Crippen molar-refractivity contribution in [1.29, 1.82) is 0 Å². The van der Waals surface area contributed by atoms with Gasteiger partial charge in [0.05, 0.1) is 11.1 Å². The Morgan fingerprint density at radius 1 is 1.05 bits per heavy atom. The second kappa shape index (κ2) is 10.1. The van der Waals surface area contributed by atoms with Crippen molar-refractivity contribution in [2.75, 3.05) is 5.32 Å². The van der Waals surface area contributed by atoms with Crippen molar-refractivity contribution in [1.82, 2.24) is 10.1 Å². The molecule has 2 aliphatic carbocycles. The number of ether oxygens (including phenoxy) is 1. The third-order valence-electron chi connectivity index (χ3n) is 8.65. The molecule has 9 heteroatoms. The minimum absolute atomic E-state index is 0.232. The first-order chi connectivity index (χ1) is 19.7. The number of nitrogens with one attached hydrogen (secondary N) is 1. The number of amides is 1. The lowest BCUT2D eigenvalue weighted by atomic mass is 9.44. The number of hydrogen-bond donors (Lipinski definition) is 2. The highest BCUT2D eigenvalue weighted by molar-refractivity contribution is 5.91. The summed E-state index contributed by atoms with van der Waals surface area (Å²) >= 11 is 0. The molecule has 8 nitrogen and oxygen atoms in total. The molecule has 2 fully saturated rings. The Hall–Kier alpha value is -4.53. The van der Waals surface area contributed by atoms with Gasteiger partial charge in [-0.25, -0.2) is 9.18 Å². The van der Waals surface area contributed by atoms with Gasteiger partial charge >= 0.3 is 12.1 Å². The molecule has 1 atom stereocenters. The SMILES string of the molecule is Cc1noc(-c2ccc(-c3ccc(C4(C(=O)O)CC5(CCC5)C4)cc3)nc2)c1NC(=O)OC(C)c1ccccc1F. The van der Waals surface area contributed by atoms with Crippen LogP contribution in [0, 0.1) is 18.2 Å². The van der Waals surface area contributed by atoms with Gasteiger partial charge in [-0.2, -0.15) is 0 Å². The summed E-state index contributed by atoms with van der Waals surface area (Å²) in [5.41, 5.74) is 3.48. The van der Waals surface area contributed by atoms with Crippen LogP contribution >= 0.6 is 0 Å². The Labute approximate surface area is 236 Å². The molecule has 1 unspecified atom stereocenters. The first-order valence-electron chi connectivity index (χ1n) is 13.7. The van der Waals surface area contributed by atoms with Crippen LogP contribution in [0.1, 0.15) is 62.0 Å². The summed E-state index contributed by atoms with van der Waals surface area (Å²) in [6, 6.07) is 17.4. The van der Waals surface area contributed by atoms with Crippen LogP contribution in [0.2, 0.25) is 0 Å². The molecule has 2 aliphatic rings. The number of carbonyl (C=O) groups is 2. The highest BCUT2D eigenvalue weighted by Crippen LogP contribution is 2.65. The fourth-order valence-electron chi connectivity index (χ4n) is 6.27. The summed E-state index contributed by atoms with van der Waals surface area (Å²) in [5, 5.41) is 16.7. The van der Waals surface area contributed by atoms with Crippen molar-refractivity contribution >= 4 is 17.7 Å². The van der Waals surface area contributed by atoms with Gasteiger partial charge in [-0.05, 0) is 68.7 Å². The third-order valence-corrected chi connectivity index (χ3v) is 8.65. The first kappa shape index (κ1) is 26.7. The zero-order valence-electron chi connectivity index (χ0n) is 22.8. The Balaban J connectivity index is 1.16. The van der Waals surface area contributed by atoms with Crippen molar-refractivity contribution in [2.45, 2.75) is 57.5 Å². The van der Waals surface area contributed by atoms with Crippen LogP contribution in [-0.2, 0) is 14.9 Å². The molecular formula is C32H30FN3O5. The number of halogens is 1. The van der Waals surface area contributed by atoms with Crippen LogP contribution in [0.4, 0.5) is 14.9 Å². The molecular weight excluding hydrogens is 525 g/mol. The summed E-state index contributed by atoms with van der Waals surface area (Å²) < 4.78 is 24.9. The standard InChI is InChI=1S/C32H30FN3O5/c1-19-27(35-30(39)40-20(2)24-6-3-4-7-25(24)33)28(41-36-19)22-10-13-26(34-16-22)21-8-11-23(12-9-21)32(29(37)38)17-31(18-32)14-5-15-31/h3-4,6-13,16,20H,5,14-15,17-18H2,1-2H3,(H,35,39)(H,37,38). The summed E-state index contributed by atoms with van der Waals surface area (Å²) in [6.07, 6.45) is 4.92. The number of carbonyl (C=O) groups excluding carboxylic acids is 1. The molecule has 2 aromatic carbocycles. The minimum atomic E-state index is -0.804. The molecule has 2 heterocycles. The van der Waals surface area contributed by atoms with Gasteiger partial charge < -0.3 is 14.4 Å². The second-order valence-corrected chi connectivity index (χ2v) is 11.3. The highest BCUT2D eigenvalue weighted by Gasteiger charge is 2.61. The van der Waals surface area contributed by atoms with Crippen LogP contribution < -0.4 is 5.32 Å². The number of carboxylic acids is 1. The lowest BCUT2D eigenvalue weighted by Crippen LogP contribution is -2.57. The van der Waals surface area contributed by atoms with Gasteiger partial charge in [0.15, 0.2) is 5.76 Å². The van der Waals surface area contributed by atoms with Crippen molar-refractivity contribution < 1.29 is 28.3 Å². The molecule has 0 bridgehead atoms. The summed E-state index contributed by atoms with van der Waals surface area (Å²) in [7, 11) is 0. The maximum Gasteiger partial charge on any atom is 0.412 e. The number of aromatic nitrogens is 2. The van der Waals surface area contributed by atoms with Crippen LogP contribution in [0.5, 0.6) is 0 Å². The van der Waals surface area contributed by atoms with E-state index in [9.17, 15) is 19.1 Å². The average molecular weight is 556 g/mol. The summed E-state index contributed by atoms with van der Waals surface area (Å²) in [6.45, 7) is 3.28. The zero-order chi connectivity index (χ0) is 28.8. The lowest BCUT2D eigenvalue weighted by molar-refractivity contribution is -0.160. The monoisotopic (exact) mass is 555 g/mol. The number of benzene rings is 2. The van der Waals surface area contributed by atoms with Gasteiger partial charge in [0, 0.05) is 22.9 Å². The van der Waals surface area contributed by atoms with Crippen molar-refractivity contribution in [2.24, 2.45) is 5.41 Å². The average Bonchev–Trinajstić information content (AvgIpc) is 3.27. The molecule has 2 aromatic heterocycles. The molecule has 41 heavy (non-hydrogen) atoms. The number of hydrogen-bond acceptors (Lipinski definition) is 6. The van der Waals surface area contributed by atoms with Crippen LogP contribution in [0.15, 0.2) is 71.4 Å². The van der Waals surface area contributed by atoms with E-state index in [0.29, 0.717) is 41.2 Å². The Bertz CT molecular complexity index is 1600. The molecule has 4 aromatic rings. The van der Waals surface area contributed by atoms with E-state index in [2.05, 4.69) is 15.5 Å². The van der Waals surface area contributed by atoms with Gasteiger partial charge in [0.2, 0.25) is 0 Å². The van der Waals surface area contributed by atoms with Gasteiger partial charge in [0.1, 0.15) is 23.3 Å². The fourth-order valence-corrected chi connectivity index (χ4v) is 6.27. The predicted molar refractivity (Wildman–Crippen MR) is 150 cm³/mol. The number of carboxylic acid groups (broad SMARTS) is 1. The largest absolute Gasteiger partial charge is 0.481 e. The van der Waals surface area contributed by atoms with E-state index in [1.165, 1.54) is 12.5 Å². The molecule has 210 valence electrons.